The van der Waals surface area contributed by atoms with E-state index in [1.807, 2.05) is 18.2 Å². The maximum absolute atomic E-state index is 11.4. The first-order chi connectivity index (χ1) is 10.1. The highest BCUT2D eigenvalue weighted by Crippen LogP contribution is 2.31. The Morgan fingerprint density at radius 3 is 2.90 bits per heavy atom. The molecule has 0 radical (unpaired) electrons. The standard InChI is InChI=1S/C14H17ClN4OS/c1-2-5-17-8-9-3-4-11(10(15)6-9)21-14-18-12(16)7-13(20)19-14/h3-4,6-7,17H,2,5,8H2,1H3,(H3,16,18,19,20). The molecule has 0 aliphatic rings. The van der Waals surface area contributed by atoms with Crippen molar-refractivity contribution in [2.24, 2.45) is 0 Å². The van der Waals surface area contributed by atoms with Crippen LogP contribution >= 0.6 is 23.4 Å². The van der Waals surface area contributed by atoms with Crippen LogP contribution in [-0.2, 0) is 6.54 Å². The molecule has 0 aliphatic heterocycles. The van der Waals surface area contributed by atoms with Crippen molar-refractivity contribution >= 4 is 29.2 Å². The van der Waals surface area contributed by atoms with Crippen LogP contribution in [0.1, 0.15) is 18.9 Å². The third kappa shape index (κ3) is 4.77. The number of hydrogen-bond acceptors (Lipinski definition) is 5. The zero-order valence-corrected chi connectivity index (χ0v) is 13.2. The molecule has 21 heavy (non-hydrogen) atoms. The van der Waals surface area contributed by atoms with E-state index in [9.17, 15) is 4.79 Å². The van der Waals surface area contributed by atoms with Gasteiger partial charge < -0.3 is 16.0 Å². The maximum Gasteiger partial charge on any atom is 0.253 e. The highest BCUT2D eigenvalue weighted by atomic mass is 35.5. The molecule has 5 nitrogen and oxygen atoms in total. The summed E-state index contributed by atoms with van der Waals surface area (Å²) < 4.78 is 0. The van der Waals surface area contributed by atoms with Crippen molar-refractivity contribution in [2.45, 2.75) is 29.9 Å². The molecule has 0 unspecified atom stereocenters. The highest BCUT2D eigenvalue weighted by molar-refractivity contribution is 7.99. The largest absolute Gasteiger partial charge is 0.383 e. The monoisotopic (exact) mass is 324 g/mol. The second-order valence-corrected chi connectivity index (χ2v) is 5.96. The van der Waals surface area contributed by atoms with Gasteiger partial charge in [0.25, 0.3) is 5.56 Å². The molecule has 1 aromatic carbocycles. The SMILES string of the molecule is CCCNCc1ccc(Sc2nc(N)cc(=O)[nH]2)c(Cl)c1. The second-order valence-electron chi connectivity index (χ2n) is 4.52. The fourth-order valence-corrected chi connectivity index (χ4v) is 2.87. The summed E-state index contributed by atoms with van der Waals surface area (Å²) >= 11 is 7.55. The third-order valence-electron chi connectivity index (χ3n) is 2.70. The number of benzene rings is 1. The molecule has 1 aromatic heterocycles. The van der Waals surface area contributed by atoms with Crippen LogP contribution in [0.3, 0.4) is 0 Å². The van der Waals surface area contributed by atoms with Crippen molar-refractivity contribution in [2.75, 3.05) is 12.3 Å². The first-order valence-corrected chi connectivity index (χ1v) is 7.81. The lowest BCUT2D eigenvalue weighted by Gasteiger charge is -2.07. The van der Waals surface area contributed by atoms with Crippen LogP contribution in [0.2, 0.25) is 5.02 Å². The van der Waals surface area contributed by atoms with Crippen molar-refractivity contribution in [1.29, 1.82) is 0 Å². The van der Waals surface area contributed by atoms with Gasteiger partial charge in [0.15, 0.2) is 5.16 Å². The van der Waals surface area contributed by atoms with Crippen molar-refractivity contribution in [3.63, 3.8) is 0 Å². The van der Waals surface area contributed by atoms with Gasteiger partial charge >= 0.3 is 0 Å². The molecule has 0 bridgehead atoms. The van der Waals surface area contributed by atoms with E-state index in [-0.39, 0.29) is 11.4 Å². The Labute approximate surface area is 132 Å². The minimum Gasteiger partial charge on any atom is -0.383 e. The quantitative estimate of drug-likeness (QED) is 0.562. The zero-order valence-electron chi connectivity index (χ0n) is 11.6. The number of nitrogens with zero attached hydrogens (tertiary/aromatic N) is 1. The van der Waals surface area contributed by atoms with Crippen molar-refractivity contribution in [3.8, 4) is 0 Å². The Bertz CT molecular complexity index is 674. The molecule has 1 heterocycles. The van der Waals surface area contributed by atoms with Gasteiger partial charge in [-0.05, 0) is 30.7 Å². The van der Waals surface area contributed by atoms with Gasteiger partial charge in [0, 0.05) is 17.5 Å². The van der Waals surface area contributed by atoms with Crippen LogP contribution in [0.5, 0.6) is 0 Å². The van der Waals surface area contributed by atoms with Crippen LogP contribution in [0.4, 0.5) is 5.82 Å². The van der Waals surface area contributed by atoms with Crippen molar-refractivity contribution in [1.82, 2.24) is 15.3 Å². The average Bonchev–Trinajstić information content (AvgIpc) is 2.41. The molecular weight excluding hydrogens is 308 g/mol. The fourth-order valence-electron chi connectivity index (χ4n) is 1.75. The summed E-state index contributed by atoms with van der Waals surface area (Å²) in [5.41, 5.74) is 6.40. The smallest absolute Gasteiger partial charge is 0.253 e. The van der Waals surface area contributed by atoms with Crippen LogP contribution < -0.4 is 16.6 Å². The van der Waals surface area contributed by atoms with E-state index in [0.717, 1.165) is 30.0 Å². The van der Waals surface area contributed by atoms with Crippen LogP contribution in [0.15, 0.2) is 39.1 Å². The zero-order chi connectivity index (χ0) is 15.2. The molecule has 0 spiro atoms. The van der Waals surface area contributed by atoms with Gasteiger partial charge in [0.2, 0.25) is 0 Å². The number of rotatable bonds is 6. The van der Waals surface area contributed by atoms with Crippen molar-refractivity contribution < 1.29 is 0 Å². The number of aromatic amines is 1. The van der Waals surface area contributed by atoms with Gasteiger partial charge in [-0.15, -0.1) is 0 Å². The second kappa shape index (κ2) is 7.49. The molecule has 112 valence electrons. The molecule has 7 heteroatoms. The summed E-state index contributed by atoms with van der Waals surface area (Å²) in [6.07, 6.45) is 1.09. The van der Waals surface area contributed by atoms with Gasteiger partial charge in [-0.2, -0.15) is 0 Å². The van der Waals surface area contributed by atoms with Gasteiger partial charge in [0.1, 0.15) is 5.82 Å². The van der Waals surface area contributed by atoms with E-state index in [1.165, 1.54) is 17.8 Å². The Morgan fingerprint density at radius 2 is 2.24 bits per heavy atom. The van der Waals surface area contributed by atoms with E-state index < -0.39 is 0 Å². The number of aromatic nitrogens is 2. The fraction of sp³-hybridized carbons (Fsp3) is 0.286. The van der Waals surface area contributed by atoms with E-state index in [4.69, 9.17) is 17.3 Å². The summed E-state index contributed by atoms with van der Waals surface area (Å²) in [5.74, 6) is 0.192. The van der Waals surface area contributed by atoms with Crippen LogP contribution in [0.25, 0.3) is 0 Å². The number of H-pyrrole nitrogens is 1. The van der Waals surface area contributed by atoms with Crippen LogP contribution in [-0.4, -0.2) is 16.5 Å². The Balaban J connectivity index is 2.11. The van der Waals surface area contributed by atoms with Gasteiger partial charge in [-0.25, -0.2) is 4.98 Å². The lowest BCUT2D eigenvalue weighted by atomic mass is 10.2. The summed E-state index contributed by atoms with van der Waals surface area (Å²) in [6.45, 7) is 3.88. The first kappa shape index (κ1) is 15.9. The third-order valence-corrected chi connectivity index (χ3v) is 4.09. The minimum absolute atomic E-state index is 0.192. The molecule has 0 atom stereocenters. The lowest BCUT2D eigenvalue weighted by Crippen LogP contribution is -2.13. The summed E-state index contributed by atoms with van der Waals surface area (Å²) in [4.78, 5) is 18.9. The number of hydrogen-bond donors (Lipinski definition) is 3. The van der Waals surface area contributed by atoms with E-state index in [0.29, 0.717) is 10.2 Å². The minimum atomic E-state index is -0.276. The topological polar surface area (TPSA) is 83.8 Å². The molecule has 0 amide bonds. The molecule has 2 aromatic rings. The molecule has 0 saturated carbocycles. The Kier molecular flexibility index (Phi) is 5.67. The van der Waals surface area contributed by atoms with E-state index >= 15 is 0 Å². The maximum atomic E-state index is 11.4. The predicted octanol–water partition coefficient (Wildman–Crippen LogP) is 2.66. The van der Waals surface area contributed by atoms with E-state index in [2.05, 4.69) is 22.2 Å². The van der Waals surface area contributed by atoms with Gasteiger partial charge in [0.05, 0.1) is 5.02 Å². The number of anilines is 1. The van der Waals surface area contributed by atoms with Gasteiger partial charge in [-0.3, -0.25) is 4.79 Å². The number of nitrogens with two attached hydrogens (primary N) is 1. The molecular formula is C14H17ClN4OS. The van der Waals surface area contributed by atoms with Crippen molar-refractivity contribution in [3.05, 3.63) is 45.2 Å². The van der Waals surface area contributed by atoms with E-state index in [1.54, 1.807) is 0 Å². The first-order valence-electron chi connectivity index (χ1n) is 6.62. The summed E-state index contributed by atoms with van der Waals surface area (Å²) in [5, 5.41) is 4.38. The Morgan fingerprint density at radius 1 is 1.43 bits per heavy atom. The molecule has 0 aliphatic carbocycles. The highest BCUT2D eigenvalue weighted by Gasteiger charge is 2.07. The molecule has 0 fully saturated rings. The molecule has 2 rings (SSSR count). The number of halogens is 1. The number of nitrogens with one attached hydrogen (secondary N) is 2. The van der Waals surface area contributed by atoms with Gasteiger partial charge in [-0.1, -0.05) is 36.4 Å². The number of nitrogen functional groups attached to an aromatic ring is 1. The molecule has 4 N–H and O–H groups in total. The summed E-state index contributed by atoms with van der Waals surface area (Å²) in [6, 6.07) is 7.07. The predicted molar refractivity (Wildman–Crippen MR) is 86.8 cm³/mol. The normalized spacial score (nSPS) is 10.8. The Hall–Kier alpha value is -1.50. The van der Waals surface area contributed by atoms with Crippen LogP contribution in [0, 0.1) is 0 Å². The molecule has 0 saturated heterocycles. The lowest BCUT2D eigenvalue weighted by molar-refractivity contribution is 0.675. The summed E-state index contributed by atoms with van der Waals surface area (Å²) in [7, 11) is 0. The average molecular weight is 325 g/mol.